The molecule has 2 aliphatic heterocycles. The first-order chi connectivity index (χ1) is 18.4. The van der Waals surface area contributed by atoms with Crippen molar-refractivity contribution < 1.29 is 19.2 Å². The fourth-order valence-electron chi connectivity index (χ4n) is 4.63. The summed E-state index contributed by atoms with van der Waals surface area (Å²) in [5, 5.41) is 7.86. The summed E-state index contributed by atoms with van der Waals surface area (Å²) in [5.74, 6) is 0.0651. The van der Waals surface area contributed by atoms with Crippen molar-refractivity contribution in [3.8, 4) is 0 Å². The number of hydrogen-bond donors (Lipinski definition) is 2. The Labute approximate surface area is 223 Å². The van der Waals surface area contributed by atoms with Gasteiger partial charge in [0.15, 0.2) is 0 Å². The molecule has 0 bridgehead atoms. The number of nitrogens with one attached hydrogen (secondary N) is 1. The van der Waals surface area contributed by atoms with Crippen LogP contribution in [0.5, 0.6) is 0 Å². The van der Waals surface area contributed by atoms with E-state index in [2.05, 4.69) is 20.4 Å². The molecule has 1 aromatic carbocycles. The lowest BCUT2D eigenvalue weighted by Crippen LogP contribution is -2.28. The number of aromatic nitrogens is 2. The second-order valence-corrected chi connectivity index (χ2v) is 10.1. The maximum atomic E-state index is 12.5. The number of rotatable bonds is 9. The fourth-order valence-corrected chi connectivity index (χ4v) is 5.59. The summed E-state index contributed by atoms with van der Waals surface area (Å²) in [6.45, 7) is 4.42. The number of nitrogens with zero attached hydrogens (tertiary/aromatic N) is 5. The second-order valence-electron chi connectivity index (χ2n) is 9.07. The zero-order valence-electron chi connectivity index (χ0n) is 21.1. The summed E-state index contributed by atoms with van der Waals surface area (Å²) >= 11 is 1.22. The molecule has 2 aliphatic rings. The Balaban J connectivity index is 1.50. The van der Waals surface area contributed by atoms with E-state index in [1.165, 1.54) is 11.3 Å². The van der Waals surface area contributed by atoms with Crippen molar-refractivity contribution in [3.63, 3.8) is 0 Å². The molecule has 3 aromatic rings. The lowest BCUT2D eigenvalue weighted by Gasteiger charge is -2.17. The van der Waals surface area contributed by atoms with Gasteiger partial charge in [-0.2, -0.15) is 0 Å². The van der Waals surface area contributed by atoms with Crippen molar-refractivity contribution in [1.82, 2.24) is 20.2 Å². The molecule has 4 heterocycles. The average molecular weight is 536 g/mol. The number of nitrogens with two attached hydrogens (primary N) is 1. The van der Waals surface area contributed by atoms with E-state index in [4.69, 9.17) is 10.6 Å². The Morgan fingerprint density at radius 1 is 1.13 bits per heavy atom. The van der Waals surface area contributed by atoms with Crippen LogP contribution in [0.1, 0.15) is 53.5 Å². The zero-order chi connectivity index (χ0) is 26.6. The van der Waals surface area contributed by atoms with E-state index in [0.717, 1.165) is 25.1 Å². The molecule has 0 spiro atoms. The zero-order valence-corrected chi connectivity index (χ0v) is 21.9. The molecule has 0 radical (unpaired) electrons. The van der Waals surface area contributed by atoms with Gasteiger partial charge >= 0.3 is 0 Å². The standard InChI is InChI=1S/C26H29N7O4S/c1-2-28-24(36)19-15-18-23(29-26(27)30-25(18)38-19)22(31-37-14-13-32-11-3-5-20(32)34)16-7-9-17(10-8-16)33-12-4-6-21(33)35/h7-10,15H,2-6,11-14H2,1H3,(H,28,36)(H2,27,29,30)/b31-22-. The van der Waals surface area contributed by atoms with Crippen LogP contribution >= 0.6 is 11.3 Å². The predicted molar refractivity (Wildman–Crippen MR) is 145 cm³/mol. The lowest BCUT2D eigenvalue weighted by atomic mass is 10.0. The van der Waals surface area contributed by atoms with E-state index in [1.54, 1.807) is 15.9 Å². The van der Waals surface area contributed by atoms with E-state index in [9.17, 15) is 14.4 Å². The number of hydrogen-bond acceptors (Lipinski definition) is 9. The van der Waals surface area contributed by atoms with Gasteiger partial charge < -0.3 is 25.7 Å². The lowest BCUT2D eigenvalue weighted by molar-refractivity contribution is -0.128. The predicted octanol–water partition coefficient (Wildman–Crippen LogP) is 2.54. The van der Waals surface area contributed by atoms with Gasteiger partial charge in [-0.1, -0.05) is 17.3 Å². The van der Waals surface area contributed by atoms with E-state index < -0.39 is 0 Å². The highest BCUT2D eigenvalue weighted by atomic mass is 32.1. The van der Waals surface area contributed by atoms with Crippen LogP contribution in [0.3, 0.4) is 0 Å². The number of anilines is 2. The van der Waals surface area contributed by atoms with Gasteiger partial charge in [-0.15, -0.1) is 11.3 Å². The van der Waals surface area contributed by atoms with Crippen LogP contribution in [0, 0.1) is 0 Å². The molecular formula is C26H29N7O4S. The molecule has 3 amide bonds. The van der Waals surface area contributed by atoms with Gasteiger partial charge in [-0.05, 0) is 38.0 Å². The number of oxime groups is 1. The van der Waals surface area contributed by atoms with E-state index >= 15 is 0 Å². The van der Waals surface area contributed by atoms with Crippen molar-refractivity contribution in [2.45, 2.75) is 32.6 Å². The third kappa shape index (κ3) is 5.30. The van der Waals surface area contributed by atoms with Crippen LogP contribution in [0.15, 0.2) is 35.5 Å². The molecule has 11 nitrogen and oxygen atoms in total. The monoisotopic (exact) mass is 535 g/mol. The summed E-state index contributed by atoms with van der Waals surface area (Å²) in [4.78, 5) is 55.7. The van der Waals surface area contributed by atoms with Gasteiger partial charge in [-0.3, -0.25) is 14.4 Å². The molecule has 12 heteroatoms. The van der Waals surface area contributed by atoms with Crippen LogP contribution in [0.2, 0.25) is 0 Å². The number of nitrogen functional groups attached to an aromatic ring is 1. The topological polar surface area (TPSA) is 143 Å². The van der Waals surface area contributed by atoms with Gasteiger partial charge in [-0.25, -0.2) is 9.97 Å². The first-order valence-corrected chi connectivity index (χ1v) is 13.5. The highest BCUT2D eigenvalue weighted by Gasteiger charge is 2.24. The Morgan fingerprint density at radius 2 is 1.89 bits per heavy atom. The first kappa shape index (κ1) is 25.6. The minimum atomic E-state index is -0.204. The second kappa shape index (κ2) is 11.1. The Hall–Kier alpha value is -4.06. The van der Waals surface area contributed by atoms with Crippen LogP contribution < -0.4 is 16.0 Å². The van der Waals surface area contributed by atoms with E-state index in [-0.39, 0.29) is 30.3 Å². The molecule has 0 atom stereocenters. The highest BCUT2D eigenvalue weighted by Crippen LogP contribution is 2.29. The minimum Gasteiger partial charge on any atom is -0.393 e. The average Bonchev–Trinajstić information content (AvgIpc) is 3.64. The Kier molecular flexibility index (Phi) is 7.50. The van der Waals surface area contributed by atoms with Crippen molar-refractivity contribution in [2.75, 3.05) is 43.4 Å². The maximum Gasteiger partial charge on any atom is 0.261 e. The van der Waals surface area contributed by atoms with Crippen molar-refractivity contribution in [2.24, 2.45) is 5.16 Å². The van der Waals surface area contributed by atoms with Crippen LogP contribution in [-0.4, -0.2) is 71.1 Å². The summed E-state index contributed by atoms with van der Waals surface area (Å²) in [5.41, 5.74) is 8.41. The number of thiophene rings is 1. The first-order valence-electron chi connectivity index (χ1n) is 12.7. The Bertz CT molecular complexity index is 1400. The van der Waals surface area contributed by atoms with Crippen LogP contribution in [-0.2, 0) is 14.4 Å². The minimum absolute atomic E-state index is 0.0476. The quantitative estimate of drug-likeness (QED) is 0.243. The third-order valence-electron chi connectivity index (χ3n) is 6.50. The number of fused-ring (bicyclic) bond motifs is 1. The largest absolute Gasteiger partial charge is 0.393 e. The van der Waals surface area contributed by atoms with E-state index in [0.29, 0.717) is 64.5 Å². The molecule has 0 aliphatic carbocycles. The SMILES string of the molecule is CCNC(=O)c1cc2c(/C(=N\OCCN3CCCC3=O)c3ccc(N4CCCC4=O)cc3)nc(N)nc2s1. The number of carbonyl (C=O) groups excluding carboxylic acids is 3. The Morgan fingerprint density at radius 3 is 2.58 bits per heavy atom. The van der Waals surface area contributed by atoms with Crippen LogP contribution in [0.25, 0.3) is 10.2 Å². The normalized spacial score (nSPS) is 16.1. The summed E-state index contributed by atoms with van der Waals surface area (Å²) < 4.78 is 0. The summed E-state index contributed by atoms with van der Waals surface area (Å²) in [6, 6.07) is 9.18. The van der Waals surface area contributed by atoms with Crippen LogP contribution in [0.4, 0.5) is 11.6 Å². The van der Waals surface area contributed by atoms with Gasteiger partial charge in [0, 0.05) is 49.1 Å². The molecule has 2 saturated heterocycles. The highest BCUT2D eigenvalue weighted by molar-refractivity contribution is 7.20. The maximum absolute atomic E-state index is 12.5. The molecule has 2 fully saturated rings. The number of likely N-dealkylation sites (tertiary alicyclic amines) is 1. The summed E-state index contributed by atoms with van der Waals surface area (Å²) in [7, 11) is 0. The fraction of sp³-hybridized carbons (Fsp3) is 0.385. The number of carbonyl (C=O) groups is 3. The molecule has 5 rings (SSSR count). The van der Waals surface area contributed by atoms with E-state index in [1.807, 2.05) is 31.2 Å². The van der Waals surface area contributed by atoms with Crippen molar-refractivity contribution >= 4 is 56.6 Å². The van der Waals surface area contributed by atoms with Gasteiger partial charge in [0.25, 0.3) is 5.91 Å². The third-order valence-corrected chi connectivity index (χ3v) is 7.53. The molecular weight excluding hydrogens is 506 g/mol. The molecule has 0 unspecified atom stereocenters. The summed E-state index contributed by atoms with van der Waals surface area (Å²) in [6.07, 6.45) is 2.80. The molecule has 0 saturated carbocycles. The molecule has 198 valence electrons. The smallest absolute Gasteiger partial charge is 0.261 e. The van der Waals surface area contributed by atoms with Crippen molar-refractivity contribution in [1.29, 1.82) is 0 Å². The molecule has 2 aromatic heterocycles. The van der Waals surface area contributed by atoms with Gasteiger partial charge in [0.1, 0.15) is 22.8 Å². The van der Waals surface area contributed by atoms with Gasteiger partial charge in [0.2, 0.25) is 17.8 Å². The number of benzene rings is 1. The molecule has 38 heavy (non-hydrogen) atoms. The molecule has 3 N–H and O–H groups in total. The van der Waals surface area contributed by atoms with Gasteiger partial charge in [0.05, 0.1) is 11.4 Å². The van der Waals surface area contributed by atoms with Crippen molar-refractivity contribution in [3.05, 3.63) is 46.5 Å². The number of amides is 3.